The molecule has 1 N–H and O–H groups in total. The number of anilines is 1. The van der Waals surface area contributed by atoms with E-state index >= 15 is 0 Å². The van der Waals surface area contributed by atoms with Crippen molar-refractivity contribution in [2.75, 3.05) is 38.1 Å². The highest BCUT2D eigenvalue weighted by atomic mass is 32.2. The molecule has 1 heterocycles. The first-order valence-electron chi connectivity index (χ1n) is 10.8. The molecule has 0 bridgehead atoms. The molecule has 2 aromatic carbocycles. The summed E-state index contributed by atoms with van der Waals surface area (Å²) in [7, 11) is -3.60. The molecule has 1 aliphatic heterocycles. The summed E-state index contributed by atoms with van der Waals surface area (Å²) in [6.07, 6.45) is 1.44. The van der Waals surface area contributed by atoms with E-state index < -0.39 is 21.9 Å². The van der Waals surface area contributed by atoms with Gasteiger partial charge >= 0.3 is 5.97 Å². The van der Waals surface area contributed by atoms with E-state index in [0.29, 0.717) is 24.3 Å². The lowest BCUT2D eigenvalue weighted by Crippen LogP contribution is -2.46. The Bertz CT molecular complexity index is 1210. The molecule has 0 radical (unpaired) electrons. The van der Waals surface area contributed by atoms with E-state index in [1.807, 2.05) is 13.0 Å². The van der Waals surface area contributed by atoms with Gasteiger partial charge in [0.25, 0.3) is 5.91 Å². The van der Waals surface area contributed by atoms with Gasteiger partial charge in [0.1, 0.15) is 11.6 Å². The summed E-state index contributed by atoms with van der Waals surface area (Å²) >= 11 is 0. The Morgan fingerprint density at radius 2 is 1.68 bits per heavy atom. The van der Waals surface area contributed by atoms with Crippen LogP contribution in [0, 0.1) is 18.3 Å². The maximum atomic E-state index is 12.8. The first kappa shape index (κ1) is 25.0. The van der Waals surface area contributed by atoms with Crippen LogP contribution < -0.4 is 5.32 Å². The third kappa shape index (κ3) is 6.01. The predicted molar refractivity (Wildman–Crippen MR) is 126 cm³/mol. The number of carbonyl (C=O) groups is 2. The summed E-state index contributed by atoms with van der Waals surface area (Å²) in [6.45, 7) is 5.04. The Balaban J connectivity index is 1.60. The summed E-state index contributed by atoms with van der Waals surface area (Å²) in [5, 5.41) is 12.1. The number of amides is 1. The van der Waals surface area contributed by atoms with Crippen LogP contribution in [0.15, 0.2) is 65.2 Å². The Morgan fingerprint density at radius 3 is 2.24 bits per heavy atom. The monoisotopic (exact) mass is 482 g/mol. The zero-order valence-electron chi connectivity index (χ0n) is 19.0. The topological polar surface area (TPSA) is 120 Å². The summed E-state index contributed by atoms with van der Waals surface area (Å²) < 4.78 is 32.0. The van der Waals surface area contributed by atoms with E-state index in [1.54, 1.807) is 48.2 Å². The second-order valence-electron chi connectivity index (χ2n) is 7.66. The van der Waals surface area contributed by atoms with E-state index in [1.165, 1.54) is 22.6 Å². The lowest BCUT2D eigenvalue weighted by atomic mass is 10.2. The fraction of sp³-hybridized carbons (Fsp3) is 0.292. The van der Waals surface area contributed by atoms with Crippen molar-refractivity contribution in [3.63, 3.8) is 0 Å². The largest absolute Gasteiger partial charge is 0.462 e. The molecule has 0 spiro atoms. The number of aryl methyl sites for hydroxylation is 1. The van der Waals surface area contributed by atoms with Gasteiger partial charge in [0.2, 0.25) is 10.0 Å². The van der Waals surface area contributed by atoms with E-state index in [2.05, 4.69) is 5.32 Å². The molecular formula is C24H26N4O5S. The lowest BCUT2D eigenvalue weighted by Gasteiger charge is -2.33. The molecule has 1 saturated heterocycles. The molecule has 2 aromatic rings. The number of carbonyl (C=O) groups excluding carboxylic acids is 2. The van der Waals surface area contributed by atoms with Gasteiger partial charge in [-0.15, -0.1) is 0 Å². The maximum absolute atomic E-state index is 12.8. The molecule has 34 heavy (non-hydrogen) atoms. The molecule has 0 unspecified atom stereocenters. The number of piperazine rings is 1. The number of rotatable bonds is 7. The molecule has 1 aliphatic rings. The van der Waals surface area contributed by atoms with Gasteiger partial charge < -0.3 is 15.0 Å². The van der Waals surface area contributed by atoms with Crippen molar-refractivity contribution < 1.29 is 22.7 Å². The van der Waals surface area contributed by atoms with Gasteiger partial charge in [-0.05, 0) is 50.2 Å². The minimum absolute atomic E-state index is 0.107. The van der Waals surface area contributed by atoms with Crippen LogP contribution in [0.25, 0.3) is 0 Å². The van der Waals surface area contributed by atoms with Crippen LogP contribution in [0.3, 0.4) is 0 Å². The molecule has 3 rings (SSSR count). The van der Waals surface area contributed by atoms with Crippen LogP contribution in [0.5, 0.6) is 0 Å². The Kier molecular flexibility index (Phi) is 8.04. The number of esters is 1. The number of hydrogen-bond acceptors (Lipinski definition) is 7. The van der Waals surface area contributed by atoms with E-state index in [4.69, 9.17) is 4.74 Å². The van der Waals surface area contributed by atoms with Crippen molar-refractivity contribution in [3.05, 3.63) is 71.4 Å². The van der Waals surface area contributed by atoms with Gasteiger partial charge in [0, 0.05) is 38.1 Å². The first-order valence-corrected chi connectivity index (χ1v) is 12.2. The Hall–Kier alpha value is -3.68. The highest BCUT2D eigenvalue weighted by molar-refractivity contribution is 7.89. The summed E-state index contributed by atoms with van der Waals surface area (Å²) in [5.41, 5.74) is 1.65. The maximum Gasteiger partial charge on any atom is 0.338 e. The molecule has 0 atom stereocenters. The van der Waals surface area contributed by atoms with Crippen LogP contribution in [0.4, 0.5) is 5.69 Å². The minimum atomic E-state index is -3.60. The van der Waals surface area contributed by atoms with Crippen molar-refractivity contribution in [1.29, 1.82) is 5.26 Å². The molecule has 0 saturated carbocycles. The lowest BCUT2D eigenvalue weighted by molar-refractivity contribution is -0.112. The van der Waals surface area contributed by atoms with Gasteiger partial charge in [0.05, 0.1) is 17.1 Å². The van der Waals surface area contributed by atoms with E-state index in [-0.39, 0.29) is 30.2 Å². The zero-order valence-corrected chi connectivity index (χ0v) is 19.8. The molecule has 9 nitrogen and oxygen atoms in total. The van der Waals surface area contributed by atoms with Crippen LogP contribution in [0.2, 0.25) is 0 Å². The second kappa shape index (κ2) is 11.0. The first-order chi connectivity index (χ1) is 16.2. The van der Waals surface area contributed by atoms with Crippen LogP contribution >= 0.6 is 0 Å². The quantitative estimate of drug-likeness (QED) is 0.366. The van der Waals surface area contributed by atoms with Gasteiger partial charge in [-0.1, -0.05) is 17.7 Å². The van der Waals surface area contributed by atoms with Crippen molar-refractivity contribution in [2.45, 2.75) is 18.7 Å². The number of benzene rings is 2. The average Bonchev–Trinajstić information content (AvgIpc) is 2.83. The number of sulfonamides is 1. The summed E-state index contributed by atoms with van der Waals surface area (Å²) in [6, 6.07) is 14.7. The molecule has 178 valence electrons. The van der Waals surface area contributed by atoms with Gasteiger partial charge in [0.15, 0.2) is 0 Å². The highest BCUT2D eigenvalue weighted by Crippen LogP contribution is 2.19. The Labute approximate surface area is 199 Å². The predicted octanol–water partition coefficient (Wildman–Crippen LogP) is 2.52. The molecular weight excluding hydrogens is 456 g/mol. The molecule has 0 aliphatic carbocycles. The van der Waals surface area contributed by atoms with Crippen LogP contribution in [-0.2, 0) is 19.6 Å². The SMILES string of the molecule is CCOC(=O)c1ccc(NC(=O)/C(C#N)=C\N2CCN(S(=O)(=O)c3ccc(C)cc3)CC2)cc1. The molecule has 10 heteroatoms. The van der Waals surface area contributed by atoms with Crippen molar-refractivity contribution in [2.24, 2.45) is 0 Å². The van der Waals surface area contributed by atoms with Gasteiger partial charge in [-0.25, -0.2) is 13.2 Å². The van der Waals surface area contributed by atoms with Crippen LogP contribution in [-0.4, -0.2) is 62.3 Å². The number of nitriles is 1. The van der Waals surface area contributed by atoms with Crippen molar-refractivity contribution >= 4 is 27.6 Å². The minimum Gasteiger partial charge on any atom is -0.462 e. The van der Waals surface area contributed by atoms with Gasteiger partial charge in [-0.3, -0.25) is 4.79 Å². The number of ether oxygens (including phenoxy) is 1. The fourth-order valence-corrected chi connectivity index (χ4v) is 4.78. The highest BCUT2D eigenvalue weighted by Gasteiger charge is 2.28. The number of hydrogen-bond donors (Lipinski definition) is 1. The third-order valence-corrected chi connectivity index (χ3v) is 7.18. The number of nitrogens with zero attached hydrogens (tertiary/aromatic N) is 3. The van der Waals surface area contributed by atoms with Crippen molar-refractivity contribution in [1.82, 2.24) is 9.21 Å². The van der Waals surface area contributed by atoms with E-state index in [9.17, 15) is 23.3 Å². The normalized spacial score (nSPS) is 14.9. The molecule has 1 amide bonds. The fourth-order valence-electron chi connectivity index (χ4n) is 3.36. The smallest absolute Gasteiger partial charge is 0.338 e. The summed E-state index contributed by atoms with van der Waals surface area (Å²) in [5.74, 6) is -1.05. The van der Waals surface area contributed by atoms with Gasteiger partial charge in [-0.2, -0.15) is 9.57 Å². The molecule has 0 aromatic heterocycles. The van der Waals surface area contributed by atoms with E-state index in [0.717, 1.165) is 5.56 Å². The Morgan fingerprint density at radius 1 is 1.06 bits per heavy atom. The second-order valence-corrected chi connectivity index (χ2v) is 9.60. The molecule has 1 fully saturated rings. The summed E-state index contributed by atoms with van der Waals surface area (Å²) in [4.78, 5) is 26.3. The van der Waals surface area contributed by atoms with Crippen LogP contribution in [0.1, 0.15) is 22.8 Å². The standard InChI is InChI=1S/C24H26N4O5S/c1-3-33-24(30)19-6-8-21(9-7-19)26-23(29)20(16-25)17-27-12-14-28(15-13-27)34(31,32)22-10-4-18(2)5-11-22/h4-11,17H,3,12-15H2,1-2H3,(H,26,29)/b20-17-. The number of nitrogens with one attached hydrogen (secondary N) is 1. The average molecular weight is 483 g/mol. The zero-order chi connectivity index (χ0) is 24.7. The van der Waals surface area contributed by atoms with Crippen molar-refractivity contribution in [3.8, 4) is 6.07 Å². The third-order valence-electron chi connectivity index (χ3n) is 5.26.